The molecule has 1 N–H and O–H groups in total. The molecule has 0 heterocycles. The molecule has 0 spiro atoms. The number of benzene rings is 1. The number of hydrogen-bond donors (Lipinski definition) is 1. The minimum Gasteiger partial charge on any atom is -0.446 e. The van der Waals surface area contributed by atoms with Crippen LogP contribution < -0.4 is 5.32 Å². The summed E-state index contributed by atoms with van der Waals surface area (Å²) in [5.41, 5.74) is 1.97. The van der Waals surface area contributed by atoms with Crippen LogP contribution in [-0.4, -0.2) is 12.2 Å². The lowest BCUT2D eigenvalue weighted by Gasteiger charge is -2.33. The lowest BCUT2D eigenvalue weighted by Crippen LogP contribution is -2.34. The summed E-state index contributed by atoms with van der Waals surface area (Å²) < 4.78 is 5.65. The van der Waals surface area contributed by atoms with Crippen LogP contribution in [-0.2, 0) is 4.74 Å². The summed E-state index contributed by atoms with van der Waals surface area (Å²) in [4.78, 5) is 12.0. The number of anilines is 1. The molecule has 1 aromatic carbocycles. The number of aryl methyl sites for hydroxylation is 1. The molecule has 0 radical (unpaired) electrons. The second-order valence-electron chi connectivity index (χ2n) is 6.13. The maximum Gasteiger partial charge on any atom is 0.411 e. The molecule has 0 aliphatic heterocycles. The normalized spacial score (nSPS) is 22.6. The number of carbonyl (C=O) groups excluding carboxylic acids is 1. The van der Waals surface area contributed by atoms with Crippen molar-refractivity contribution < 1.29 is 9.53 Å². The summed E-state index contributed by atoms with van der Waals surface area (Å²) in [6.07, 6.45) is 4.30. The van der Waals surface area contributed by atoms with Crippen LogP contribution in [0.4, 0.5) is 10.5 Å². The Morgan fingerprint density at radius 2 is 1.85 bits per heavy atom. The Hall–Kier alpha value is -1.51. The average Bonchev–Trinajstić information content (AvgIpc) is 2.41. The highest BCUT2D eigenvalue weighted by molar-refractivity contribution is 5.84. The minimum atomic E-state index is -0.327. The maximum absolute atomic E-state index is 12.0. The third-order valence-electron chi connectivity index (χ3n) is 4.17. The molecule has 3 nitrogen and oxygen atoms in total. The number of amides is 1. The Morgan fingerprint density at radius 1 is 1.20 bits per heavy atom. The first-order chi connectivity index (χ1) is 9.56. The van der Waals surface area contributed by atoms with E-state index in [4.69, 9.17) is 4.74 Å². The summed E-state index contributed by atoms with van der Waals surface area (Å²) in [6.45, 7) is 6.45. The number of nitrogens with one attached hydrogen (secondary N) is 1. The highest BCUT2D eigenvalue weighted by atomic mass is 16.6. The molecule has 1 aliphatic carbocycles. The first kappa shape index (κ1) is 14.9. The van der Waals surface area contributed by atoms with Crippen LogP contribution in [0.15, 0.2) is 24.3 Å². The predicted molar refractivity (Wildman–Crippen MR) is 81.9 cm³/mol. The smallest absolute Gasteiger partial charge is 0.411 e. The molecule has 20 heavy (non-hydrogen) atoms. The Labute approximate surface area is 121 Å². The van der Waals surface area contributed by atoms with Gasteiger partial charge in [-0.1, -0.05) is 38.0 Å². The van der Waals surface area contributed by atoms with Crippen molar-refractivity contribution in [3.8, 4) is 0 Å². The van der Waals surface area contributed by atoms with E-state index in [0.29, 0.717) is 11.8 Å². The third kappa shape index (κ3) is 3.99. The Morgan fingerprint density at radius 3 is 2.50 bits per heavy atom. The highest BCUT2D eigenvalue weighted by Gasteiger charge is 2.30. The topological polar surface area (TPSA) is 38.3 Å². The van der Waals surface area contributed by atoms with Crippen LogP contribution in [0, 0.1) is 18.8 Å². The van der Waals surface area contributed by atoms with Crippen molar-refractivity contribution in [2.75, 3.05) is 5.32 Å². The van der Waals surface area contributed by atoms with Crippen molar-refractivity contribution in [2.45, 2.75) is 52.6 Å². The van der Waals surface area contributed by atoms with Gasteiger partial charge in [0.25, 0.3) is 0 Å². The van der Waals surface area contributed by atoms with E-state index in [2.05, 4.69) is 19.2 Å². The fourth-order valence-electron chi connectivity index (χ4n) is 2.96. The van der Waals surface area contributed by atoms with Crippen LogP contribution in [0.1, 0.15) is 45.1 Å². The lowest BCUT2D eigenvalue weighted by atomic mass is 9.79. The van der Waals surface area contributed by atoms with E-state index < -0.39 is 0 Å². The van der Waals surface area contributed by atoms with Crippen LogP contribution in [0.25, 0.3) is 0 Å². The molecule has 0 saturated heterocycles. The SMILES string of the molecule is Cc1ccc(NC(=O)O[C@H]2CCCC[C@H]2C(C)C)cc1. The summed E-state index contributed by atoms with van der Waals surface area (Å²) in [5.74, 6) is 1.06. The van der Waals surface area contributed by atoms with Gasteiger partial charge in [-0.25, -0.2) is 4.79 Å². The van der Waals surface area contributed by atoms with Gasteiger partial charge in [-0.15, -0.1) is 0 Å². The lowest BCUT2D eigenvalue weighted by molar-refractivity contribution is 0.0277. The molecule has 1 aromatic rings. The molecule has 1 amide bonds. The molecule has 1 saturated carbocycles. The van der Waals surface area contributed by atoms with Gasteiger partial charge in [0.1, 0.15) is 6.10 Å². The third-order valence-corrected chi connectivity index (χ3v) is 4.17. The van der Waals surface area contributed by atoms with Crippen LogP contribution >= 0.6 is 0 Å². The maximum atomic E-state index is 12.0. The molecule has 1 aliphatic rings. The first-order valence-electron chi connectivity index (χ1n) is 7.60. The van der Waals surface area contributed by atoms with Crippen molar-refractivity contribution >= 4 is 11.8 Å². The molecule has 3 heteroatoms. The van der Waals surface area contributed by atoms with Gasteiger partial charge in [0.15, 0.2) is 0 Å². The van der Waals surface area contributed by atoms with Crippen LogP contribution in [0.2, 0.25) is 0 Å². The largest absolute Gasteiger partial charge is 0.446 e. The van der Waals surface area contributed by atoms with Gasteiger partial charge >= 0.3 is 6.09 Å². The highest BCUT2D eigenvalue weighted by Crippen LogP contribution is 2.32. The van der Waals surface area contributed by atoms with E-state index in [1.807, 2.05) is 31.2 Å². The van der Waals surface area contributed by atoms with Gasteiger partial charge in [-0.2, -0.15) is 0 Å². The second-order valence-corrected chi connectivity index (χ2v) is 6.13. The fraction of sp³-hybridized carbons (Fsp3) is 0.588. The molecule has 0 unspecified atom stereocenters. The monoisotopic (exact) mass is 275 g/mol. The molecular formula is C17H25NO2. The van der Waals surface area contributed by atoms with Crippen molar-refractivity contribution in [3.05, 3.63) is 29.8 Å². The zero-order chi connectivity index (χ0) is 14.5. The summed E-state index contributed by atoms with van der Waals surface area (Å²) >= 11 is 0. The van der Waals surface area contributed by atoms with Gasteiger partial charge in [-0.3, -0.25) is 5.32 Å². The molecule has 1 fully saturated rings. The minimum absolute atomic E-state index is 0.0641. The van der Waals surface area contributed by atoms with Crippen molar-refractivity contribution in [3.63, 3.8) is 0 Å². The Bertz CT molecular complexity index is 439. The van der Waals surface area contributed by atoms with Gasteiger partial charge in [0.05, 0.1) is 0 Å². The van der Waals surface area contributed by atoms with Gasteiger partial charge in [0.2, 0.25) is 0 Å². The summed E-state index contributed by atoms with van der Waals surface area (Å²) in [7, 11) is 0. The standard InChI is InChI=1S/C17H25NO2/c1-12(2)15-6-4-5-7-16(15)20-17(19)18-14-10-8-13(3)9-11-14/h8-12,15-16H,4-7H2,1-3H3,(H,18,19)/t15-,16-/m0/s1. The van der Waals surface area contributed by atoms with Crippen LogP contribution in [0.3, 0.4) is 0 Å². The summed E-state index contributed by atoms with van der Waals surface area (Å²) in [6, 6.07) is 7.76. The Balaban J connectivity index is 1.91. The van der Waals surface area contributed by atoms with Crippen LogP contribution in [0.5, 0.6) is 0 Å². The Kier molecular flexibility index (Phi) is 5.05. The van der Waals surface area contributed by atoms with Crippen molar-refractivity contribution in [1.82, 2.24) is 0 Å². The van der Waals surface area contributed by atoms with Gasteiger partial charge in [0, 0.05) is 5.69 Å². The predicted octanol–water partition coefficient (Wildman–Crippen LogP) is 4.76. The van der Waals surface area contributed by atoms with E-state index >= 15 is 0 Å². The zero-order valence-electron chi connectivity index (χ0n) is 12.7. The zero-order valence-corrected chi connectivity index (χ0v) is 12.7. The molecule has 2 atom stereocenters. The van der Waals surface area contributed by atoms with Crippen molar-refractivity contribution in [1.29, 1.82) is 0 Å². The quantitative estimate of drug-likeness (QED) is 0.863. The molecule has 2 rings (SSSR count). The van der Waals surface area contributed by atoms with E-state index in [9.17, 15) is 4.79 Å². The fourth-order valence-corrected chi connectivity index (χ4v) is 2.96. The number of rotatable bonds is 3. The van der Waals surface area contributed by atoms with E-state index in [0.717, 1.165) is 18.5 Å². The summed E-state index contributed by atoms with van der Waals surface area (Å²) in [5, 5.41) is 2.81. The van der Waals surface area contributed by atoms with Crippen molar-refractivity contribution in [2.24, 2.45) is 11.8 Å². The number of hydrogen-bond acceptors (Lipinski definition) is 2. The molecular weight excluding hydrogens is 250 g/mol. The van der Waals surface area contributed by atoms with Gasteiger partial charge in [-0.05, 0) is 50.2 Å². The van der Waals surface area contributed by atoms with E-state index in [1.54, 1.807) is 0 Å². The second kappa shape index (κ2) is 6.78. The average molecular weight is 275 g/mol. The van der Waals surface area contributed by atoms with E-state index in [-0.39, 0.29) is 12.2 Å². The number of carbonyl (C=O) groups is 1. The van der Waals surface area contributed by atoms with Gasteiger partial charge < -0.3 is 4.74 Å². The molecule has 0 bridgehead atoms. The first-order valence-corrected chi connectivity index (χ1v) is 7.60. The molecule has 0 aromatic heterocycles. The van der Waals surface area contributed by atoms with E-state index in [1.165, 1.54) is 18.4 Å². The molecule has 110 valence electrons. The number of ether oxygens (including phenoxy) is 1.